The molecular formula is C26H52. The molecule has 4 saturated carbocycles. The molecule has 0 nitrogen and oxygen atoms in total. The van der Waals surface area contributed by atoms with Gasteiger partial charge < -0.3 is 0 Å². The quantitative estimate of drug-likeness (QED) is 0.375. The summed E-state index contributed by atoms with van der Waals surface area (Å²) in [4.78, 5) is 0. The van der Waals surface area contributed by atoms with Gasteiger partial charge in [-0.1, -0.05) is 143 Å². The van der Waals surface area contributed by atoms with E-state index in [1.165, 1.54) is 116 Å². The summed E-state index contributed by atoms with van der Waals surface area (Å²) in [5.74, 6) is 4.17. The average molecular weight is 365 g/mol. The van der Waals surface area contributed by atoms with E-state index in [1.54, 1.807) is 0 Å². The van der Waals surface area contributed by atoms with E-state index in [2.05, 4.69) is 27.7 Å². The molecule has 4 aliphatic rings. The van der Waals surface area contributed by atoms with E-state index in [-0.39, 0.29) is 0 Å². The van der Waals surface area contributed by atoms with Gasteiger partial charge in [-0.25, -0.2) is 0 Å². The molecule has 4 rings (SSSR count). The summed E-state index contributed by atoms with van der Waals surface area (Å²) in [5.41, 5.74) is 0. The van der Waals surface area contributed by atoms with Gasteiger partial charge in [0, 0.05) is 0 Å². The van der Waals surface area contributed by atoms with Crippen LogP contribution in [0.1, 0.15) is 143 Å². The minimum Gasteiger partial charge on any atom is -0.0625 e. The average Bonchev–Trinajstić information content (AvgIpc) is 2.97. The molecule has 0 saturated heterocycles. The Labute approximate surface area is 167 Å². The van der Waals surface area contributed by atoms with Gasteiger partial charge in [0.25, 0.3) is 0 Å². The van der Waals surface area contributed by atoms with Crippen LogP contribution < -0.4 is 0 Å². The van der Waals surface area contributed by atoms with Crippen molar-refractivity contribution in [3.05, 3.63) is 0 Å². The second kappa shape index (κ2) is 16.0. The maximum Gasteiger partial charge on any atom is -0.0443 e. The van der Waals surface area contributed by atoms with E-state index in [0.29, 0.717) is 0 Å². The van der Waals surface area contributed by atoms with Crippen LogP contribution in [0.2, 0.25) is 0 Å². The van der Waals surface area contributed by atoms with Gasteiger partial charge in [0.15, 0.2) is 0 Å². The van der Waals surface area contributed by atoms with Gasteiger partial charge in [0.1, 0.15) is 0 Å². The molecule has 0 heterocycles. The molecule has 0 N–H and O–H groups in total. The molecule has 0 amide bonds. The molecule has 4 fully saturated rings. The summed E-state index contributed by atoms with van der Waals surface area (Å²) in [5, 5.41) is 0. The number of hydrogen-bond acceptors (Lipinski definition) is 0. The molecule has 0 aromatic carbocycles. The van der Waals surface area contributed by atoms with Crippen molar-refractivity contribution in [1.82, 2.24) is 0 Å². The third-order valence-electron chi connectivity index (χ3n) is 7.08. The van der Waals surface area contributed by atoms with Gasteiger partial charge in [-0.3, -0.25) is 0 Å². The molecule has 0 unspecified atom stereocenters. The molecule has 0 radical (unpaired) electrons. The lowest BCUT2D eigenvalue weighted by Crippen LogP contribution is -2.04. The van der Waals surface area contributed by atoms with E-state index in [0.717, 1.165) is 23.7 Å². The second-order valence-electron chi connectivity index (χ2n) is 10.3. The van der Waals surface area contributed by atoms with Crippen LogP contribution >= 0.6 is 0 Å². The summed E-state index contributed by atoms with van der Waals surface area (Å²) in [6.45, 7) is 9.39. The zero-order chi connectivity index (χ0) is 19.0. The van der Waals surface area contributed by atoms with Gasteiger partial charge in [0.2, 0.25) is 0 Å². The summed E-state index contributed by atoms with van der Waals surface area (Å²) in [6, 6.07) is 0. The lowest BCUT2D eigenvalue weighted by atomic mass is 9.88. The van der Waals surface area contributed by atoms with Gasteiger partial charge in [-0.2, -0.15) is 0 Å². The Morgan fingerprint density at radius 2 is 0.462 bits per heavy atom. The fourth-order valence-electron chi connectivity index (χ4n) is 4.53. The highest BCUT2D eigenvalue weighted by atomic mass is 14.2. The molecule has 156 valence electrons. The summed E-state index contributed by atoms with van der Waals surface area (Å²) >= 11 is 0. The maximum atomic E-state index is 2.38. The van der Waals surface area contributed by atoms with Crippen LogP contribution in [0.5, 0.6) is 0 Å². The van der Waals surface area contributed by atoms with E-state index in [9.17, 15) is 0 Å². The first-order valence-corrected chi connectivity index (χ1v) is 12.6. The van der Waals surface area contributed by atoms with Gasteiger partial charge in [0.05, 0.1) is 0 Å². The topological polar surface area (TPSA) is 0 Å². The van der Waals surface area contributed by atoms with E-state index < -0.39 is 0 Å². The van der Waals surface area contributed by atoms with Crippen molar-refractivity contribution in [2.75, 3.05) is 0 Å². The summed E-state index contributed by atoms with van der Waals surface area (Å²) in [6.07, 6.45) is 26.8. The third-order valence-corrected chi connectivity index (χ3v) is 7.08. The molecule has 0 spiro atoms. The fourth-order valence-corrected chi connectivity index (χ4v) is 4.53. The van der Waals surface area contributed by atoms with Gasteiger partial charge >= 0.3 is 0 Å². The van der Waals surface area contributed by atoms with Crippen molar-refractivity contribution < 1.29 is 0 Å². The Morgan fingerprint density at radius 3 is 0.654 bits per heavy atom. The number of hydrogen-bond donors (Lipinski definition) is 0. The summed E-state index contributed by atoms with van der Waals surface area (Å²) < 4.78 is 0. The van der Waals surface area contributed by atoms with Gasteiger partial charge in [-0.15, -0.1) is 0 Å². The predicted octanol–water partition coefficient (Wildman–Crippen LogP) is 9.57. The minimum atomic E-state index is 1.03. The monoisotopic (exact) mass is 364 g/mol. The molecule has 0 heteroatoms. The summed E-state index contributed by atoms with van der Waals surface area (Å²) in [7, 11) is 0. The van der Waals surface area contributed by atoms with Gasteiger partial charge in [-0.05, 0) is 23.7 Å². The largest absolute Gasteiger partial charge is 0.0625 e. The minimum absolute atomic E-state index is 1.03. The first kappa shape index (κ1) is 24.0. The molecule has 4 aliphatic carbocycles. The normalized spacial score (nSPS) is 25.4. The highest BCUT2D eigenvalue weighted by Gasteiger charge is 2.09. The van der Waals surface area contributed by atoms with Crippen LogP contribution in [0.4, 0.5) is 0 Å². The van der Waals surface area contributed by atoms with Crippen molar-refractivity contribution in [3.63, 3.8) is 0 Å². The van der Waals surface area contributed by atoms with Crippen molar-refractivity contribution >= 4 is 0 Å². The smallest absolute Gasteiger partial charge is 0.0443 e. The van der Waals surface area contributed by atoms with Crippen molar-refractivity contribution in [2.45, 2.75) is 143 Å². The Bertz CT molecular complexity index is 270. The second-order valence-corrected chi connectivity index (χ2v) is 10.3. The van der Waals surface area contributed by atoms with Crippen LogP contribution in [-0.2, 0) is 0 Å². The zero-order valence-corrected chi connectivity index (χ0v) is 19.0. The zero-order valence-electron chi connectivity index (χ0n) is 19.0. The standard InChI is InChI=1S/C8H16.C7H14.C6H12.C5H10/c1-8-6-4-2-3-5-7-8;1-7-5-3-2-4-6-7;1-6-4-2-3-5-6;1-5-3-2-4-5/h8H,2-7H2,1H3;7H,2-6H2,1H3;6H,2-5H2,1H3;5H,2-4H2,1H3. The lowest BCUT2D eigenvalue weighted by Gasteiger charge is -2.18. The highest BCUT2D eigenvalue weighted by molar-refractivity contribution is 4.62. The van der Waals surface area contributed by atoms with Crippen LogP contribution in [0.15, 0.2) is 0 Å². The van der Waals surface area contributed by atoms with E-state index >= 15 is 0 Å². The Hall–Kier alpha value is 0. The maximum absolute atomic E-state index is 2.38. The van der Waals surface area contributed by atoms with Crippen LogP contribution in [0.3, 0.4) is 0 Å². The highest BCUT2D eigenvalue weighted by Crippen LogP contribution is 2.24. The Kier molecular flexibility index (Phi) is 14.8. The fraction of sp³-hybridized carbons (Fsp3) is 1.00. The number of rotatable bonds is 0. The van der Waals surface area contributed by atoms with Crippen molar-refractivity contribution in [3.8, 4) is 0 Å². The molecule has 0 bridgehead atoms. The SMILES string of the molecule is CC1CCC1.CC1CCCC1.CC1CCCCC1.CC1CCCCCC1. The predicted molar refractivity (Wildman–Crippen MR) is 120 cm³/mol. The molecular weight excluding hydrogens is 312 g/mol. The van der Waals surface area contributed by atoms with Crippen LogP contribution in [0.25, 0.3) is 0 Å². The van der Waals surface area contributed by atoms with Crippen LogP contribution in [0, 0.1) is 23.7 Å². The Morgan fingerprint density at radius 1 is 0.269 bits per heavy atom. The van der Waals surface area contributed by atoms with E-state index in [1.807, 2.05) is 0 Å². The van der Waals surface area contributed by atoms with E-state index in [4.69, 9.17) is 0 Å². The third kappa shape index (κ3) is 14.1. The Balaban J connectivity index is 0.000000176. The van der Waals surface area contributed by atoms with Crippen molar-refractivity contribution in [1.29, 1.82) is 0 Å². The van der Waals surface area contributed by atoms with Crippen molar-refractivity contribution in [2.24, 2.45) is 23.7 Å². The van der Waals surface area contributed by atoms with Crippen LogP contribution in [-0.4, -0.2) is 0 Å². The lowest BCUT2D eigenvalue weighted by molar-refractivity contribution is 0.346. The molecule has 0 aromatic heterocycles. The molecule has 26 heavy (non-hydrogen) atoms. The first-order chi connectivity index (χ1) is 12.6. The molecule has 0 aromatic rings. The first-order valence-electron chi connectivity index (χ1n) is 12.6. The molecule has 0 aliphatic heterocycles. The molecule has 0 atom stereocenters.